The first-order valence-corrected chi connectivity index (χ1v) is 8.63. The molecule has 1 aromatic carbocycles. The predicted octanol–water partition coefficient (Wildman–Crippen LogP) is 3.56. The number of methoxy groups -OCH3 is 1. The lowest BCUT2D eigenvalue weighted by molar-refractivity contribution is 0.312. The summed E-state index contributed by atoms with van der Waals surface area (Å²) >= 11 is 0. The van der Waals surface area contributed by atoms with Crippen molar-refractivity contribution in [3.8, 4) is 11.8 Å². The van der Waals surface area contributed by atoms with E-state index in [2.05, 4.69) is 20.3 Å². The fourth-order valence-electron chi connectivity index (χ4n) is 2.44. The van der Waals surface area contributed by atoms with Crippen LogP contribution in [0.4, 0.5) is 17.6 Å². The predicted molar refractivity (Wildman–Crippen MR) is 103 cm³/mol. The van der Waals surface area contributed by atoms with Crippen molar-refractivity contribution in [1.29, 1.82) is 0 Å². The van der Waals surface area contributed by atoms with E-state index >= 15 is 0 Å². The van der Waals surface area contributed by atoms with Crippen LogP contribution in [0.25, 0.3) is 0 Å². The molecule has 0 aliphatic rings. The Kier molecular flexibility index (Phi) is 5.75. The summed E-state index contributed by atoms with van der Waals surface area (Å²) in [6, 6.07) is 11.6. The van der Waals surface area contributed by atoms with Gasteiger partial charge in [-0.2, -0.15) is 15.0 Å². The number of furan rings is 1. The van der Waals surface area contributed by atoms with Gasteiger partial charge in [0.1, 0.15) is 17.3 Å². The first kappa shape index (κ1) is 18.5. The number of hydrogen-bond acceptors (Lipinski definition) is 8. The molecule has 0 saturated heterocycles. The van der Waals surface area contributed by atoms with Crippen molar-refractivity contribution in [1.82, 2.24) is 15.0 Å². The Hall–Kier alpha value is -3.29. The fourth-order valence-corrected chi connectivity index (χ4v) is 2.44. The van der Waals surface area contributed by atoms with Crippen molar-refractivity contribution in [2.75, 3.05) is 31.0 Å². The van der Waals surface area contributed by atoms with Crippen LogP contribution in [0.5, 0.6) is 11.8 Å². The number of anilines is 3. The Morgan fingerprint density at radius 2 is 1.85 bits per heavy atom. The van der Waals surface area contributed by atoms with E-state index in [1.165, 1.54) is 0 Å². The van der Waals surface area contributed by atoms with Gasteiger partial charge in [0.15, 0.2) is 0 Å². The standard InChI is InChI=1S/C19H23N5O3/c1-5-26-19-22-17(20-14-7-10-15(25-4)11-8-14)21-18(23-19)24(3)12-16-9-6-13(2)27-16/h6-11H,5,12H2,1-4H3,(H,20,21,22,23). The molecule has 0 saturated carbocycles. The minimum Gasteiger partial charge on any atom is -0.497 e. The lowest BCUT2D eigenvalue weighted by atomic mass is 10.3. The SMILES string of the molecule is CCOc1nc(Nc2ccc(OC)cc2)nc(N(C)Cc2ccc(C)o2)n1. The van der Waals surface area contributed by atoms with Gasteiger partial charge in [-0.25, -0.2) is 0 Å². The van der Waals surface area contributed by atoms with Crippen LogP contribution in [0, 0.1) is 6.92 Å². The molecule has 0 aliphatic heterocycles. The average Bonchev–Trinajstić information content (AvgIpc) is 3.07. The highest BCUT2D eigenvalue weighted by atomic mass is 16.5. The molecule has 27 heavy (non-hydrogen) atoms. The van der Waals surface area contributed by atoms with Crippen LogP contribution >= 0.6 is 0 Å². The number of aromatic nitrogens is 3. The smallest absolute Gasteiger partial charge is 0.323 e. The Labute approximate surface area is 158 Å². The Bertz CT molecular complexity index is 879. The van der Waals surface area contributed by atoms with E-state index in [1.54, 1.807) is 7.11 Å². The van der Waals surface area contributed by atoms with Gasteiger partial charge in [-0.3, -0.25) is 0 Å². The molecule has 0 fully saturated rings. The maximum atomic E-state index is 5.63. The van der Waals surface area contributed by atoms with Gasteiger partial charge in [0.25, 0.3) is 0 Å². The minimum atomic E-state index is 0.265. The molecule has 0 radical (unpaired) electrons. The van der Waals surface area contributed by atoms with Crippen LogP contribution < -0.4 is 19.7 Å². The highest BCUT2D eigenvalue weighted by Crippen LogP contribution is 2.21. The van der Waals surface area contributed by atoms with Gasteiger partial charge in [-0.15, -0.1) is 0 Å². The van der Waals surface area contributed by atoms with Crippen molar-refractivity contribution < 1.29 is 13.9 Å². The molecule has 0 aliphatic carbocycles. The third-order valence-corrected chi connectivity index (χ3v) is 3.75. The largest absolute Gasteiger partial charge is 0.497 e. The van der Waals surface area contributed by atoms with Crippen LogP contribution in [0.2, 0.25) is 0 Å². The monoisotopic (exact) mass is 369 g/mol. The quantitative estimate of drug-likeness (QED) is 0.645. The number of ether oxygens (including phenoxy) is 2. The molecular weight excluding hydrogens is 346 g/mol. The zero-order valence-electron chi connectivity index (χ0n) is 15.9. The van der Waals surface area contributed by atoms with E-state index in [0.29, 0.717) is 25.0 Å². The van der Waals surface area contributed by atoms with E-state index in [-0.39, 0.29) is 6.01 Å². The third-order valence-electron chi connectivity index (χ3n) is 3.75. The Morgan fingerprint density at radius 1 is 1.07 bits per heavy atom. The molecular formula is C19H23N5O3. The Morgan fingerprint density at radius 3 is 2.48 bits per heavy atom. The summed E-state index contributed by atoms with van der Waals surface area (Å²) in [6.07, 6.45) is 0. The summed E-state index contributed by atoms with van der Waals surface area (Å²) in [7, 11) is 3.52. The molecule has 0 bridgehead atoms. The summed E-state index contributed by atoms with van der Waals surface area (Å²) in [4.78, 5) is 15.1. The van der Waals surface area contributed by atoms with Gasteiger partial charge in [-0.05, 0) is 50.2 Å². The number of nitrogens with zero attached hydrogens (tertiary/aromatic N) is 4. The molecule has 142 valence electrons. The molecule has 0 unspecified atom stereocenters. The van der Waals surface area contributed by atoms with Crippen molar-refractivity contribution in [2.45, 2.75) is 20.4 Å². The second-order valence-corrected chi connectivity index (χ2v) is 5.90. The highest BCUT2D eigenvalue weighted by Gasteiger charge is 2.13. The minimum absolute atomic E-state index is 0.265. The maximum absolute atomic E-state index is 5.63. The fraction of sp³-hybridized carbons (Fsp3) is 0.316. The molecule has 2 aromatic heterocycles. The molecule has 3 rings (SSSR count). The summed E-state index contributed by atoms with van der Waals surface area (Å²) in [5.74, 6) is 3.36. The van der Waals surface area contributed by atoms with Gasteiger partial charge in [0, 0.05) is 12.7 Å². The van der Waals surface area contributed by atoms with E-state index in [1.807, 2.05) is 62.2 Å². The number of hydrogen-bond donors (Lipinski definition) is 1. The van der Waals surface area contributed by atoms with Crippen LogP contribution in [0.3, 0.4) is 0 Å². The zero-order chi connectivity index (χ0) is 19.2. The number of aryl methyl sites for hydroxylation is 1. The average molecular weight is 369 g/mol. The van der Waals surface area contributed by atoms with E-state index in [4.69, 9.17) is 13.9 Å². The van der Waals surface area contributed by atoms with Crippen LogP contribution in [-0.2, 0) is 6.54 Å². The van der Waals surface area contributed by atoms with Gasteiger partial charge >= 0.3 is 6.01 Å². The van der Waals surface area contributed by atoms with Crippen molar-refractivity contribution in [3.05, 3.63) is 47.9 Å². The molecule has 8 nitrogen and oxygen atoms in total. The molecule has 0 amide bonds. The summed E-state index contributed by atoms with van der Waals surface area (Å²) in [5, 5.41) is 3.17. The normalized spacial score (nSPS) is 10.5. The summed E-state index contributed by atoms with van der Waals surface area (Å²) in [6.45, 7) is 4.80. The zero-order valence-corrected chi connectivity index (χ0v) is 15.9. The second-order valence-electron chi connectivity index (χ2n) is 5.90. The van der Waals surface area contributed by atoms with Gasteiger partial charge in [-0.1, -0.05) is 0 Å². The third kappa shape index (κ3) is 4.87. The summed E-state index contributed by atoms with van der Waals surface area (Å²) in [5.41, 5.74) is 0.833. The topological polar surface area (TPSA) is 85.5 Å². The first-order valence-electron chi connectivity index (χ1n) is 8.63. The van der Waals surface area contributed by atoms with Crippen molar-refractivity contribution in [2.24, 2.45) is 0 Å². The van der Waals surface area contributed by atoms with Gasteiger partial charge in [0.2, 0.25) is 11.9 Å². The van der Waals surface area contributed by atoms with Crippen molar-refractivity contribution >= 4 is 17.6 Å². The molecule has 3 aromatic rings. The lowest BCUT2D eigenvalue weighted by Crippen LogP contribution is -2.20. The first-order chi connectivity index (χ1) is 13.1. The highest BCUT2D eigenvalue weighted by molar-refractivity contribution is 5.55. The number of benzene rings is 1. The number of rotatable bonds is 8. The van der Waals surface area contributed by atoms with Crippen molar-refractivity contribution in [3.63, 3.8) is 0 Å². The van der Waals surface area contributed by atoms with E-state index in [0.717, 1.165) is 23.0 Å². The van der Waals surface area contributed by atoms with Crippen LogP contribution in [0.1, 0.15) is 18.4 Å². The number of nitrogens with one attached hydrogen (secondary N) is 1. The molecule has 1 N–H and O–H groups in total. The molecule has 2 heterocycles. The van der Waals surface area contributed by atoms with Gasteiger partial charge < -0.3 is 24.1 Å². The van der Waals surface area contributed by atoms with Crippen LogP contribution in [0.15, 0.2) is 40.8 Å². The molecule has 0 spiro atoms. The van der Waals surface area contributed by atoms with Crippen LogP contribution in [-0.4, -0.2) is 35.7 Å². The summed E-state index contributed by atoms with van der Waals surface area (Å²) < 4.78 is 16.3. The van der Waals surface area contributed by atoms with Gasteiger partial charge in [0.05, 0.1) is 20.3 Å². The molecule has 0 atom stereocenters. The Balaban J connectivity index is 1.82. The second kappa shape index (κ2) is 8.39. The molecule has 8 heteroatoms. The van der Waals surface area contributed by atoms with E-state index < -0.39 is 0 Å². The maximum Gasteiger partial charge on any atom is 0.323 e. The lowest BCUT2D eigenvalue weighted by Gasteiger charge is -2.17. The van der Waals surface area contributed by atoms with E-state index in [9.17, 15) is 0 Å².